The Labute approximate surface area is 131 Å². The Bertz CT molecular complexity index is 426. The van der Waals surface area contributed by atoms with Crippen molar-refractivity contribution in [2.75, 3.05) is 25.2 Å². The molecule has 0 aromatic carbocycles. The normalized spacial score (nSPS) is 22.9. The van der Waals surface area contributed by atoms with Crippen molar-refractivity contribution in [2.45, 2.75) is 57.6 Å². The van der Waals surface area contributed by atoms with E-state index in [1.807, 2.05) is 11.8 Å². The van der Waals surface area contributed by atoms with Crippen molar-refractivity contribution in [3.8, 4) is 0 Å². The van der Waals surface area contributed by atoms with Gasteiger partial charge in [-0.2, -0.15) is 16.7 Å². The molecule has 1 N–H and O–H groups in total. The van der Waals surface area contributed by atoms with Crippen molar-refractivity contribution in [3.63, 3.8) is 0 Å². The number of aromatic nitrogens is 2. The largest absolute Gasteiger partial charge is 0.370 e. The molecule has 0 spiro atoms. The fraction of sp³-hybridized carbons (Fsp3) is 0.867. The lowest BCUT2D eigenvalue weighted by atomic mass is 9.96. The molecule has 120 valence electrons. The van der Waals surface area contributed by atoms with E-state index in [1.54, 1.807) is 7.11 Å². The second-order valence-corrected chi connectivity index (χ2v) is 6.64. The first-order chi connectivity index (χ1) is 10.2. The van der Waals surface area contributed by atoms with Crippen molar-refractivity contribution in [1.82, 2.24) is 15.5 Å². The molecule has 1 aromatic rings. The SMILES string of the molecule is CCCNC1CSCC1c1nc(C(CC)(CC)OC)no1. The molecule has 1 fully saturated rings. The summed E-state index contributed by atoms with van der Waals surface area (Å²) in [6, 6.07) is 0.434. The van der Waals surface area contributed by atoms with Crippen LogP contribution in [0.4, 0.5) is 0 Å². The molecule has 1 aliphatic rings. The zero-order valence-electron chi connectivity index (χ0n) is 13.5. The average molecular weight is 313 g/mol. The van der Waals surface area contributed by atoms with Crippen LogP contribution in [-0.2, 0) is 10.3 Å². The zero-order valence-corrected chi connectivity index (χ0v) is 14.3. The van der Waals surface area contributed by atoms with Crippen molar-refractivity contribution < 1.29 is 9.26 Å². The first kappa shape index (κ1) is 16.8. The first-order valence-electron chi connectivity index (χ1n) is 7.91. The van der Waals surface area contributed by atoms with Crippen LogP contribution in [0.5, 0.6) is 0 Å². The lowest BCUT2D eigenvalue weighted by Crippen LogP contribution is -2.35. The summed E-state index contributed by atoms with van der Waals surface area (Å²) in [6.07, 6.45) is 2.83. The Morgan fingerprint density at radius 3 is 2.71 bits per heavy atom. The molecule has 2 atom stereocenters. The molecule has 1 aliphatic heterocycles. The van der Waals surface area contributed by atoms with Gasteiger partial charge in [0.1, 0.15) is 5.60 Å². The Morgan fingerprint density at radius 1 is 1.33 bits per heavy atom. The van der Waals surface area contributed by atoms with Gasteiger partial charge in [0.15, 0.2) is 0 Å². The minimum atomic E-state index is -0.417. The van der Waals surface area contributed by atoms with Crippen LogP contribution in [-0.4, -0.2) is 41.3 Å². The highest BCUT2D eigenvalue weighted by Crippen LogP contribution is 2.35. The molecule has 2 heterocycles. The van der Waals surface area contributed by atoms with E-state index in [-0.39, 0.29) is 0 Å². The number of nitrogens with zero attached hydrogens (tertiary/aromatic N) is 2. The minimum absolute atomic E-state index is 0.311. The van der Waals surface area contributed by atoms with Gasteiger partial charge >= 0.3 is 0 Å². The molecular weight excluding hydrogens is 286 g/mol. The Kier molecular flexibility index (Phi) is 6.08. The Hall–Kier alpha value is -0.590. The highest BCUT2D eigenvalue weighted by molar-refractivity contribution is 7.99. The van der Waals surface area contributed by atoms with Crippen molar-refractivity contribution in [1.29, 1.82) is 0 Å². The van der Waals surface area contributed by atoms with E-state index in [0.717, 1.165) is 43.2 Å². The second kappa shape index (κ2) is 7.61. The van der Waals surface area contributed by atoms with E-state index in [4.69, 9.17) is 9.26 Å². The van der Waals surface area contributed by atoms with E-state index in [9.17, 15) is 0 Å². The molecule has 2 unspecified atom stereocenters. The molecule has 1 saturated heterocycles. The summed E-state index contributed by atoms with van der Waals surface area (Å²) >= 11 is 1.95. The summed E-state index contributed by atoms with van der Waals surface area (Å²) in [7, 11) is 1.72. The lowest BCUT2D eigenvalue weighted by Gasteiger charge is -2.26. The van der Waals surface area contributed by atoms with Gasteiger partial charge in [0, 0.05) is 24.7 Å². The highest BCUT2D eigenvalue weighted by Gasteiger charge is 2.37. The van der Waals surface area contributed by atoms with E-state index in [2.05, 4.69) is 36.2 Å². The summed E-state index contributed by atoms with van der Waals surface area (Å²) in [6.45, 7) is 7.42. The smallest absolute Gasteiger partial charge is 0.232 e. The number of methoxy groups -OCH3 is 1. The monoisotopic (exact) mass is 313 g/mol. The zero-order chi connectivity index (χ0) is 15.3. The van der Waals surface area contributed by atoms with E-state index in [1.165, 1.54) is 0 Å². The van der Waals surface area contributed by atoms with Gasteiger partial charge in [-0.15, -0.1) is 0 Å². The van der Waals surface area contributed by atoms with E-state index < -0.39 is 5.60 Å². The maximum absolute atomic E-state index is 5.68. The van der Waals surface area contributed by atoms with Crippen molar-refractivity contribution in [3.05, 3.63) is 11.7 Å². The molecule has 2 rings (SSSR count). The average Bonchev–Trinajstić information content (AvgIpc) is 3.16. The minimum Gasteiger partial charge on any atom is -0.370 e. The van der Waals surface area contributed by atoms with Gasteiger partial charge in [-0.25, -0.2) is 0 Å². The number of thioether (sulfide) groups is 1. The van der Waals surface area contributed by atoms with Crippen LogP contribution < -0.4 is 5.32 Å². The number of nitrogens with one attached hydrogen (secondary N) is 1. The topological polar surface area (TPSA) is 60.2 Å². The Morgan fingerprint density at radius 2 is 2.10 bits per heavy atom. The van der Waals surface area contributed by atoms with E-state index in [0.29, 0.717) is 17.8 Å². The summed E-state index contributed by atoms with van der Waals surface area (Å²) in [5.74, 6) is 3.91. The van der Waals surface area contributed by atoms with Crippen LogP contribution >= 0.6 is 11.8 Å². The third-order valence-electron chi connectivity index (χ3n) is 4.44. The summed E-state index contributed by atoms with van der Waals surface area (Å²) in [5.41, 5.74) is -0.417. The predicted octanol–water partition coefficient (Wildman–Crippen LogP) is 2.93. The second-order valence-electron chi connectivity index (χ2n) is 5.57. The third-order valence-corrected chi connectivity index (χ3v) is 5.63. The fourth-order valence-electron chi connectivity index (χ4n) is 2.85. The first-order valence-corrected chi connectivity index (χ1v) is 9.06. The van der Waals surface area contributed by atoms with Crippen molar-refractivity contribution >= 4 is 11.8 Å². The van der Waals surface area contributed by atoms with Crippen LogP contribution in [0.2, 0.25) is 0 Å². The highest BCUT2D eigenvalue weighted by atomic mass is 32.2. The van der Waals surface area contributed by atoms with Crippen LogP contribution in [0.25, 0.3) is 0 Å². The van der Waals surface area contributed by atoms with Crippen LogP contribution in [0.15, 0.2) is 4.52 Å². The molecule has 0 aliphatic carbocycles. The quantitative estimate of drug-likeness (QED) is 0.796. The van der Waals surface area contributed by atoms with Gasteiger partial charge in [0.25, 0.3) is 0 Å². The number of rotatable bonds is 8. The standard InChI is InChI=1S/C15H27N3O2S/c1-5-8-16-12-10-21-9-11(12)13-17-14(18-20-13)15(6-2,7-3)19-4/h11-12,16H,5-10H2,1-4H3. The number of hydrogen-bond donors (Lipinski definition) is 1. The molecule has 21 heavy (non-hydrogen) atoms. The molecule has 0 amide bonds. The molecule has 0 bridgehead atoms. The van der Waals surface area contributed by atoms with Crippen molar-refractivity contribution in [2.24, 2.45) is 0 Å². The summed E-state index contributed by atoms with van der Waals surface area (Å²) < 4.78 is 11.3. The molecule has 0 radical (unpaired) electrons. The maximum Gasteiger partial charge on any atom is 0.232 e. The van der Waals surface area contributed by atoms with Gasteiger partial charge in [-0.3, -0.25) is 0 Å². The molecule has 1 aromatic heterocycles. The molecule has 6 heteroatoms. The molecule has 0 saturated carbocycles. The van der Waals surface area contributed by atoms with Crippen LogP contribution in [0.3, 0.4) is 0 Å². The van der Waals surface area contributed by atoms with Gasteiger partial charge in [0.05, 0.1) is 5.92 Å². The molecule has 5 nitrogen and oxygen atoms in total. The van der Waals surface area contributed by atoms with Gasteiger partial charge in [0.2, 0.25) is 11.7 Å². The number of hydrogen-bond acceptors (Lipinski definition) is 6. The fourth-order valence-corrected chi connectivity index (χ4v) is 4.21. The maximum atomic E-state index is 5.68. The summed E-state index contributed by atoms with van der Waals surface area (Å²) in [5, 5.41) is 7.80. The van der Waals surface area contributed by atoms with E-state index >= 15 is 0 Å². The number of ether oxygens (including phenoxy) is 1. The molecular formula is C15H27N3O2S. The van der Waals surface area contributed by atoms with Crippen LogP contribution in [0, 0.1) is 0 Å². The predicted molar refractivity (Wildman–Crippen MR) is 85.7 cm³/mol. The Balaban J connectivity index is 2.15. The van der Waals surface area contributed by atoms with Gasteiger partial charge in [-0.1, -0.05) is 25.9 Å². The summed E-state index contributed by atoms with van der Waals surface area (Å²) in [4.78, 5) is 4.68. The van der Waals surface area contributed by atoms with Gasteiger partial charge < -0.3 is 14.6 Å². The lowest BCUT2D eigenvalue weighted by molar-refractivity contribution is -0.0306. The van der Waals surface area contributed by atoms with Gasteiger partial charge in [-0.05, 0) is 25.8 Å². The van der Waals surface area contributed by atoms with Crippen LogP contribution in [0.1, 0.15) is 57.7 Å². The third kappa shape index (κ3) is 3.43.